The van der Waals surface area contributed by atoms with Crippen LogP contribution in [-0.4, -0.2) is 26.5 Å². The molecule has 3 N–H and O–H groups in total. The summed E-state index contributed by atoms with van der Waals surface area (Å²) < 4.78 is 0. The van der Waals surface area contributed by atoms with Crippen molar-refractivity contribution in [3.05, 3.63) is 52.1 Å². The van der Waals surface area contributed by atoms with Gasteiger partial charge in [0.15, 0.2) is 0 Å². The Labute approximate surface area is 113 Å². The van der Waals surface area contributed by atoms with Gasteiger partial charge in [-0.2, -0.15) is 0 Å². The zero-order valence-corrected chi connectivity index (χ0v) is 10.1. The van der Waals surface area contributed by atoms with Gasteiger partial charge in [0.2, 0.25) is 0 Å². The molecule has 0 heterocycles. The van der Waals surface area contributed by atoms with Crippen LogP contribution in [0.25, 0.3) is 0 Å². The minimum Gasteiger partial charge on any atom is -0.508 e. The Bertz CT molecular complexity index is 697. The molecule has 0 bridgehead atoms. The van der Waals surface area contributed by atoms with Crippen molar-refractivity contribution in [1.29, 1.82) is 0 Å². The Morgan fingerprint density at radius 1 is 1.05 bits per heavy atom. The molecule has 0 fully saturated rings. The van der Waals surface area contributed by atoms with E-state index in [-0.39, 0.29) is 28.6 Å². The number of rotatable bonds is 3. The van der Waals surface area contributed by atoms with Gasteiger partial charge in [0, 0.05) is 30.0 Å². The van der Waals surface area contributed by atoms with Crippen molar-refractivity contribution in [2.45, 2.75) is 0 Å². The molecule has 0 aliphatic heterocycles. The molecular weight excluding hydrogens is 264 g/mol. The summed E-state index contributed by atoms with van der Waals surface area (Å²) in [7, 11) is 0. The minimum absolute atomic E-state index is 0.00618. The lowest BCUT2D eigenvalue weighted by Gasteiger charge is -2.01. The molecule has 2 aromatic rings. The number of benzene rings is 2. The van der Waals surface area contributed by atoms with Gasteiger partial charge in [0.1, 0.15) is 22.9 Å². The molecule has 0 aliphatic carbocycles. The number of aromatic hydroxyl groups is 3. The highest BCUT2D eigenvalue weighted by Crippen LogP contribution is 2.31. The summed E-state index contributed by atoms with van der Waals surface area (Å²) in [6.45, 7) is 0. The number of aliphatic imine (C=N–C) groups is 1. The first-order valence-corrected chi connectivity index (χ1v) is 5.51. The monoisotopic (exact) mass is 274 g/mol. The van der Waals surface area contributed by atoms with Crippen LogP contribution >= 0.6 is 0 Å². The molecule has 0 spiro atoms. The van der Waals surface area contributed by atoms with Crippen LogP contribution in [0, 0.1) is 10.1 Å². The van der Waals surface area contributed by atoms with Crippen LogP contribution in [0.1, 0.15) is 5.56 Å². The summed E-state index contributed by atoms with van der Waals surface area (Å²) in [6.07, 6.45) is 1.23. The van der Waals surface area contributed by atoms with Gasteiger partial charge in [-0.25, -0.2) is 0 Å². The maximum atomic E-state index is 10.6. The topological polar surface area (TPSA) is 116 Å². The van der Waals surface area contributed by atoms with E-state index >= 15 is 0 Å². The van der Waals surface area contributed by atoms with Gasteiger partial charge in [-0.1, -0.05) is 0 Å². The number of phenolic OH excluding ortho intramolecular Hbond substituents is 3. The second-order valence-electron chi connectivity index (χ2n) is 3.93. The summed E-state index contributed by atoms with van der Waals surface area (Å²) >= 11 is 0. The Hall–Kier alpha value is -3.09. The molecule has 20 heavy (non-hydrogen) atoms. The Morgan fingerprint density at radius 3 is 2.45 bits per heavy atom. The number of nitrogens with zero attached hydrogens (tertiary/aromatic N) is 2. The van der Waals surface area contributed by atoms with Crippen LogP contribution in [0.2, 0.25) is 0 Å². The van der Waals surface area contributed by atoms with E-state index in [0.717, 1.165) is 18.2 Å². The van der Waals surface area contributed by atoms with Crippen molar-refractivity contribution in [3.8, 4) is 17.2 Å². The third-order valence-corrected chi connectivity index (χ3v) is 2.53. The van der Waals surface area contributed by atoms with Crippen molar-refractivity contribution in [2.75, 3.05) is 0 Å². The number of nitro groups is 1. The Balaban J connectivity index is 2.35. The molecule has 7 heteroatoms. The Morgan fingerprint density at radius 2 is 1.80 bits per heavy atom. The predicted molar refractivity (Wildman–Crippen MR) is 71.8 cm³/mol. The average Bonchev–Trinajstić information content (AvgIpc) is 2.39. The van der Waals surface area contributed by atoms with Gasteiger partial charge < -0.3 is 15.3 Å². The fourth-order valence-corrected chi connectivity index (χ4v) is 1.51. The summed E-state index contributed by atoms with van der Waals surface area (Å²) in [5.74, 6) is -0.512. The molecule has 0 saturated heterocycles. The van der Waals surface area contributed by atoms with Crippen molar-refractivity contribution in [1.82, 2.24) is 0 Å². The van der Waals surface area contributed by atoms with Crippen LogP contribution in [0.4, 0.5) is 11.4 Å². The summed E-state index contributed by atoms with van der Waals surface area (Å²) in [4.78, 5) is 13.9. The molecule has 2 rings (SSSR count). The standard InChI is InChI=1S/C13H10N2O5/c16-10-3-1-8(13(18)6-10)7-14-11-5-9(15(19)20)2-4-12(11)17/h1-7,16-18H. The van der Waals surface area contributed by atoms with E-state index in [9.17, 15) is 20.3 Å². The van der Waals surface area contributed by atoms with Crippen LogP contribution in [0.5, 0.6) is 17.2 Å². The number of non-ortho nitro benzene ring substituents is 1. The van der Waals surface area contributed by atoms with Crippen LogP contribution in [0.15, 0.2) is 41.4 Å². The highest BCUT2D eigenvalue weighted by Gasteiger charge is 2.09. The van der Waals surface area contributed by atoms with E-state index in [4.69, 9.17) is 5.11 Å². The van der Waals surface area contributed by atoms with Crippen molar-refractivity contribution in [2.24, 2.45) is 4.99 Å². The Kier molecular flexibility index (Phi) is 3.52. The quantitative estimate of drug-likeness (QED) is 0.451. The molecule has 102 valence electrons. The van der Waals surface area contributed by atoms with E-state index in [1.807, 2.05) is 0 Å². The molecule has 0 aliphatic rings. The first kappa shape index (κ1) is 13.3. The van der Waals surface area contributed by atoms with E-state index in [1.165, 1.54) is 24.4 Å². The normalized spacial score (nSPS) is 10.8. The molecule has 0 unspecified atom stereocenters. The zero-order valence-electron chi connectivity index (χ0n) is 10.1. The molecule has 0 radical (unpaired) electrons. The van der Waals surface area contributed by atoms with E-state index < -0.39 is 4.92 Å². The zero-order chi connectivity index (χ0) is 14.7. The van der Waals surface area contributed by atoms with Gasteiger partial charge in [-0.05, 0) is 18.2 Å². The van der Waals surface area contributed by atoms with Crippen LogP contribution in [-0.2, 0) is 0 Å². The van der Waals surface area contributed by atoms with Crippen molar-refractivity contribution >= 4 is 17.6 Å². The molecule has 2 aromatic carbocycles. The highest BCUT2D eigenvalue weighted by molar-refractivity contribution is 5.86. The van der Waals surface area contributed by atoms with E-state index in [1.54, 1.807) is 0 Å². The average molecular weight is 274 g/mol. The van der Waals surface area contributed by atoms with Gasteiger partial charge in [0.05, 0.1) is 4.92 Å². The molecule has 0 amide bonds. The second kappa shape index (κ2) is 5.27. The SMILES string of the molecule is O=[N+]([O-])c1ccc(O)c(N=Cc2ccc(O)cc2O)c1. The van der Waals surface area contributed by atoms with Crippen LogP contribution < -0.4 is 0 Å². The molecule has 0 saturated carbocycles. The first-order chi connectivity index (χ1) is 9.47. The summed E-state index contributed by atoms with van der Waals surface area (Å²) in [5, 5.41) is 38.9. The maximum absolute atomic E-state index is 10.6. The van der Waals surface area contributed by atoms with Gasteiger partial charge in [-0.3, -0.25) is 15.1 Å². The minimum atomic E-state index is -0.601. The lowest BCUT2D eigenvalue weighted by atomic mass is 10.2. The summed E-state index contributed by atoms with van der Waals surface area (Å²) in [5.41, 5.74) is 0.102. The molecular formula is C13H10N2O5. The first-order valence-electron chi connectivity index (χ1n) is 5.51. The van der Waals surface area contributed by atoms with E-state index in [2.05, 4.69) is 4.99 Å². The molecule has 0 atom stereocenters. The number of phenols is 3. The number of hydrogen-bond acceptors (Lipinski definition) is 6. The number of nitro benzene ring substituents is 1. The smallest absolute Gasteiger partial charge is 0.271 e. The second-order valence-corrected chi connectivity index (χ2v) is 3.93. The van der Waals surface area contributed by atoms with Gasteiger partial charge in [0.25, 0.3) is 5.69 Å². The van der Waals surface area contributed by atoms with Gasteiger partial charge >= 0.3 is 0 Å². The van der Waals surface area contributed by atoms with Crippen LogP contribution in [0.3, 0.4) is 0 Å². The van der Waals surface area contributed by atoms with Crippen molar-refractivity contribution in [3.63, 3.8) is 0 Å². The molecule has 0 aromatic heterocycles. The maximum Gasteiger partial charge on any atom is 0.271 e. The third kappa shape index (κ3) is 2.83. The largest absolute Gasteiger partial charge is 0.508 e. The number of hydrogen-bond donors (Lipinski definition) is 3. The van der Waals surface area contributed by atoms with Crippen molar-refractivity contribution < 1.29 is 20.2 Å². The lowest BCUT2D eigenvalue weighted by molar-refractivity contribution is -0.384. The van der Waals surface area contributed by atoms with Gasteiger partial charge in [-0.15, -0.1) is 0 Å². The third-order valence-electron chi connectivity index (χ3n) is 2.53. The lowest BCUT2D eigenvalue weighted by Crippen LogP contribution is -1.87. The molecule has 7 nitrogen and oxygen atoms in total. The predicted octanol–water partition coefficient (Wildman–Crippen LogP) is 2.46. The highest BCUT2D eigenvalue weighted by atomic mass is 16.6. The van der Waals surface area contributed by atoms with E-state index in [0.29, 0.717) is 5.56 Å². The fourth-order valence-electron chi connectivity index (χ4n) is 1.51. The fraction of sp³-hybridized carbons (Fsp3) is 0. The summed E-state index contributed by atoms with van der Waals surface area (Å²) in [6, 6.07) is 7.35.